The van der Waals surface area contributed by atoms with E-state index in [-0.39, 0.29) is 0 Å². The highest BCUT2D eigenvalue weighted by atomic mass is 32.2. The Balaban J connectivity index is 2.06. The van der Waals surface area contributed by atoms with Gasteiger partial charge in [-0.05, 0) is 24.3 Å². The number of nitrogen functional groups attached to an aromatic ring is 1. The van der Waals surface area contributed by atoms with Crippen molar-refractivity contribution in [2.45, 2.75) is 10.6 Å². The molecule has 0 spiro atoms. The largest absolute Gasteiger partial charge is 0.497 e. The first-order valence-corrected chi connectivity index (χ1v) is 5.86. The van der Waals surface area contributed by atoms with Crippen LogP contribution in [0.2, 0.25) is 0 Å². The fourth-order valence-electron chi connectivity index (χ4n) is 1.34. The molecule has 1 aromatic carbocycles. The first-order valence-electron chi connectivity index (χ1n) is 4.87. The lowest BCUT2D eigenvalue weighted by Crippen LogP contribution is -1.89. The molecule has 0 saturated heterocycles. The summed E-state index contributed by atoms with van der Waals surface area (Å²) in [6.07, 6.45) is 1.68. The van der Waals surface area contributed by atoms with Crippen molar-refractivity contribution >= 4 is 17.4 Å². The molecule has 0 bridgehead atoms. The SMILES string of the molecule is COc1cc(N)cc(SCc2ccco2)c1. The highest BCUT2D eigenvalue weighted by molar-refractivity contribution is 7.98. The molecule has 0 fully saturated rings. The third-order valence-electron chi connectivity index (χ3n) is 2.10. The predicted molar refractivity (Wildman–Crippen MR) is 65.7 cm³/mol. The smallest absolute Gasteiger partial charge is 0.122 e. The van der Waals surface area contributed by atoms with E-state index < -0.39 is 0 Å². The second-order valence-corrected chi connectivity index (χ2v) is 4.36. The number of hydrogen-bond donors (Lipinski definition) is 1. The van der Waals surface area contributed by atoms with Crippen LogP contribution in [0.1, 0.15) is 5.76 Å². The predicted octanol–water partition coefficient (Wildman–Crippen LogP) is 3.16. The minimum Gasteiger partial charge on any atom is -0.497 e. The van der Waals surface area contributed by atoms with Crippen LogP contribution in [0.25, 0.3) is 0 Å². The summed E-state index contributed by atoms with van der Waals surface area (Å²) in [5.41, 5.74) is 6.48. The Kier molecular flexibility index (Phi) is 3.41. The van der Waals surface area contributed by atoms with Gasteiger partial charge in [0.05, 0.1) is 19.1 Å². The number of ether oxygens (including phenoxy) is 1. The molecule has 2 aromatic rings. The molecule has 1 heterocycles. The van der Waals surface area contributed by atoms with Gasteiger partial charge in [0.2, 0.25) is 0 Å². The van der Waals surface area contributed by atoms with Crippen molar-refractivity contribution in [3.8, 4) is 5.75 Å². The summed E-state index contributed by atoms with van der Waals surface area (Å²) < 4.78 is 10.4. The molecule has 0 aliphatic rings. The fourth-order valence-corrected chi connectivity index (χ4v) is 2.24. The van der Waals surface area contributed by atoms with E-state index in [1.54, 1.807) is 31.2 Å². The molecule has 0 atom stereocenters. The summed E-state index contributed by atoms with van der Waals surface area (Å²) in [6.45, 7) is 0. The van der Waals surface area contributed by atoms with Crippen LogP contribution in [0.5, 0.6) is 5.75 Å². The van der Waals surface area contributed by atoms with Gasteiger partial charge in [0, 0.05) is 16.6 Å². The Bertz CT molecular complexity index is 454. The van der Waals surface area contributed by atoms with Gasteiger partial charge in [0.25, 0.3) is 0 Å². The van der Waals surface area contributed by atoms with Crippen LogP contribution in [0.4, 0.5) is 5.69 Å². The lowest BCUT2D eigenvalue weighted by Gasteiger charge is -2.05. The maximum absolute atomic E-state index is 5.77. The Morgan fingerprint density at radius 2 is 2.25 bits per heavy atom. The van der Waals surface area contributed by atoms with Crippen LogP contribution in [0.3, 0.4) is 0 Å². The second-order valence-electron chi connectivity index (χ2n) is 3.31. The Hall–Kier alpha value is -1.55. The van der Waals surface area contributed by atoms with Crippen molar-refractivity contribution in [3.05, 3.63) is 42.4 Å². The molecule has 84 valence electrons. The Labute approximate surface area is 98.6 Å². The first-order chi connectivity index (χ1) is 7.78. The first kappa shape index (κ1) is 11.0. The van der Waals surface area contributed by atoms with Crippen LogP contribution in [-0.4, -0.2) is 7.11 Å². The number of benzene rings is 1. The van der Waals surface area contributed by atoms with E-state index in [4.69, 9.17) is 14.9 Å². The van der Waals surface area contributed by atoms with Crippen LogP contribution in [0.15, 0.2) is 45.9 Å². The summed E-state index contributed by atoms with van der Waals surface area (Å²) in [4.78, 5) is 1.08. The van der Waals surface area contributed by atoms with Crippen molar-refractivity contribution < 1.29 is 9.15 Å². The lowest BCUT2D eigenvalue weighted by atomic mass is 10.3. The third-order valence-corrected chi connectivity index (χ3v) is 3.10. The third kappa shape index (κ3) is 2.73. The molecular formula is C12H13NO2S. The minimum atomic E-state index is 0.710. The van der Waals surface area contributed by atoms with E-state index in [0.29, 0.717) is 5.69 Å². The fraction of sp³-hybridized carbons (Fsp3) is 0.167. The molecule has 4 heteroatoms. The summed E-state index contributed by atoms with van der Waals surface area (Å²) >= 11 is 1.67. The molecule has 16 heavy (non-hydrogen) atoms. The van der Waals surface area contributed by atoms with Crippen molar-refractivity contribution in [2.24, 2.45) is 0 Å². The summed E-state index contributed by atoms with van der Waals surface area (Å²) in [7, 11) is 1.63. The van der Waals surface area contributed by atoms with E-state index in [0.717, 1.165) is 22.2 Å². The van der Waals surface area contributed by atoms with Gasteiger partial charge in [0.15, 0.2) is 0 Å². The van der Waals surface area contributed by atoms with Crippen molar-refractivity contribution in [3.63, 3.8) is 0 Å². The summed E-state index contributed by atoms with van der Waals surface area (Å²) in [6, 6.07) is 9.53. The number of methoxy groups -OCH3 is 1. The molecular weight excluding hydrogens is 222 g/mol. The van der Waals surface area contributed by atoms with E-state index in [9.17, 15) is 0 Å². The minimum absolute atomic E-state index is 0.710. The molecule has 2 N–H and O–H groups in total. The van der Waals surface area contributed by atoms with Crippen molar-refractivity contribution in [1.82, 2.24) is 0 Å². The maximum atomic E-state index is 5.77. The molecule has 0 aliphatic heterocycles. The standard InChI is InChI=1S/C12H13NO2S/c1-14-11-5-9(13)6-12(7-11)16-8-10-3-2-4-15-10/h2-7H,8,13H2,1H3. The quantitative estimate of drug-likeness (QED) is 0.653. The average molecular weight is 235 g/mol. The van der Waals surface area contributed by atoms with E-state index in [1.807, 2.05) is 24.3 Å². The van der Waals surface area contributed by atoms with E-state index >= 15 is 0 Å². The van der Waals surface area contributed by atoms with Gasteiger partial charge in [-0.25, -0.2) is 0 Å². The number of nitrogens with two attached hydrogens (primary N) is 1. The molecule has 0 unspecified atom stereocenters. The van der Waals surface area contributed by atoms with Crippen molar-refractivity contribution in [2.75, 3.05) is 12.8 Å². The summed E-state index contributed by atoms with van der Waals surface area (Å²) in [5.74, 6) is 2.52. The average Bonchev–Trinajstić information content (AvgIpc) is 2.78. The zero-order chi connectivity index (χ0) is 11.4. The lowest BCUT2D eigenvalue weighted by molar-refractivity contribution is 0.414. The number of hydrogen-bond acceptors (Lipinski definition) is 4. The molecule has 0 aliphatic carbocycles. The van der Waals surface area contributed by atoms with Crippen LogP contribution in [-0.2, 0) is 5.75 Å². The van der Waals surface area contributed by atoms with Gasteiger partial charge >= 0.3 is 0 Å². The maximum Gasteiger partial charge on any atom is 0.122 e. The number of furan rings is 1. The molecule has 2 rings (SSSR count). The molecule has 0 radical (unpaired) electrons. The zero-order valence-corrected chi connectivity index (χ0v) is 9.79. The Morgan fingerprint density at radius 1 is 1.38 bits per heavy atom. The monoisotopic (exact) mass is 235 g/mol. The molecule has 1 aromatic heterocycles. The molecule has 3 nitrogen and oxygen atoms in total. The van der Waals surface area contributed by atoms with E-state index in [1.165, 1.54) is 0 Å². The van der Waals surface area contributed by atoms with Gasteiger partial charge in [0.1, 0.15) is 11.5 Å². The Morgan fingerprint density at radius 3 is 2.94 bits per heavy atom. The topological polar surface area (TPSA) is 48.4 Å². The van der Waals surface area contributed by atoms with Gasteiger partial charge in [-0.2, -0.15) is 0 Å². The van der Waals surface area contributed by atoms with Crippen LogP contribution >= 0.6 is 11.8 Å². The van der Waals surface area contributed by atoms with E-state index in [2.05, 4.69) is 0 Å². The van der Waals surface area contributed by atoms with Gasteiger partial charge < -0.3 is 14.9 Å². The summed E-state index contributed by atoms with van der Waals surface area (Å²) in [5, 5.41) is 0. The molecule has 0 saturated carbocycles. The number of thioether (sulfide) groups is 1. The van der Waals surface area contributed by atoms with Gasteiger partial charge in [-0.1, -0.05) is 0 Å². The van der Waals surface area contributed by atoms with Crippen LogP contribution < -0.4 is 10.5 Å². The van der Waals surface area contributed by atoms with Gasteiger partial charge in [-0.3, -0.25) is 0 Å². The molecule has 0 amide bonds. The normalized spacial score (nSPS) is 10.3. The zero-order valence-electron chi connectivity index (χ0n) is 8.97. The van der Waals surface area contributed by atoms with Crippen LogP contribution in [0, 0.1) is 0 Å². The second kappa shape index (κ2) is 4.99. The van der Waals surface area contributed by atoms with Gasteiger partial charge in [-0.15, -0.1) is 11.8 Å². The highest BCUT2D eigenvalue weighted by Crippen LogP contribution is 2.28. The van der Waals surface area contributed by atoms with Crippen molar-refractivity contribution in [1.29, 1.82) is 0 Å². The highest BCUT2D eigenvalue weighted by Gasteiger charge is 2.02. The number of rotatable bonds is 4. The number of anilines is 1.